The Kier molecular flexibility index (Phi) is 4.02. The van der Waals surface area contributed by atoms with Gasteiger partial charge in [-0.15, -0.1) is 0 Å². The molecule has 0 spiro atoms. The van der Waals surface area contributed by atoms with Crippen LogP contribution >= 0.6 is 0 Å². The Hall–Kier alpha value is -2.30. The second kappa shape index (κ2) is 5.60. The van der Waals surface area contributed by atoms with Gasteiger partial charge in [-0.25, -0.2) is 9.07 Å². The van der Waals surface area contributed by atoms with Crippen LogP contribution in [0.25, 0.3) is 11.3 Å². The van der Waals surface area contributed by atoms with E-state index in [4.69, 9.17) is 0 Å². The van der Waals surface area contributed by atoms with Gasteiger partial charge in [0.1, 0.15) is 12.4 Å². The van der Waals surface area contributed by atoms with Gasteiger partial charge in [0, 0.05) is 17.0 Å². The number of rotatable bonds is 3. The molecule has 1 aromatic heterocycles. The van der Waals surface area contributed by atoms with E-state index in [9.17, 15) is 14.0 Å². The molecule has 0 saturated carbocycles. The molecule has 0 N–H and O–H groups in total. The van der Waals surface area contributed by atoms with E-state index in [1.807, 2.05) is 0 Å². The van der Waals surface area contributed by atoms with Crippen molar-refractivity contribution in [1.29, 1.82) is 0 Å². The van der Waals surface area contributed by atoms with Gasteiger partial charge in [0.2, 0.25) is 0 Å². The summed E-state index contributed by atoms with van der Waals surface area (Å²) in [7, 11) is 0. The van der Waals surface area contributed by atoms with Crippen molar-refractivity contribution in [1.82, 2.24) is 9.78 Å². The molecule has 5 heteroatoms. The van der Waals surface area contributed by atoms with Crippen LogP contribution in [0.4, 0.5) is 4.39 Å². The molecule has 0 unspecified atom stereocenters. The van der Waals surface area contributed by atoms with Crippen LogP contribution < -0.4 is 5.56 Å². The fourth-order valence-electron chi connectivity index (χ4n) is 1.71. The van der Waals surface area contributed by atoms with Crippen LogP contribution in [0.1, 0.15) is 20.8 Å². The minimum Gasteiger partial charge on any atom is -0.297 e. The van der Waals surface area contributed by atoms with Gasteiger partial charge in [-0.3, -0.25) is 9.59 Å². The van der Waals surface area contributed by atoms with Crippen molar-refractivity contribution in [3.63, 3.8) is 0 Å². The Morgan fingerprint density at radius 1 is 1.14 bits per heavy atom. The van der Waals surface area contributed by atoms with E-state index in [1.165, 1.54) is 18.2 Å². The lowest BCUT2D eigenvalue weighted by Crippen LogP contribution is -2.32. The molecule has 0 aliphatic rings. The van der Waals surface area contributed by atoms with Crippen LogP contribution in [0.15, 0.2) is 41.2 Å². The maximum absolute atomic E-state index is 12.9. The van der Waals surface area contributed by atoms with E-state index in [-0.39, 0.29) is 23.7 Å². The summed E-state index contributed by atoms with van der Waals surface area (Å²) < 4.78 is 14.1. The van der Waals surface area contributed by atoms with Gasteiger partial charge >= 0.3 is 0 Å². The minimum atomic E-state index is -0.535. The number of carbonyl (C=O) groups excluding carboxylic acids is 1. The van der Waals surface area contributed by atoms with Gasteiger partial charge in [-0.05, 0) is 30.3 Å². The molecule has 0 amide bonds. The molecule has 110 valence electrons. The predicted octanol–water partition coefficient (Wildman–Crippen LogP) is 2.66. The standard InChI is InChI=1S/C16H17FN2O2/c1-16(2,3)14(20)10-19-15(21)9-8-13(18-19)11-4-6-12(17)7-5-11/h4-9H,10H2,1-3H3. The highest BCUT2D eigenvalue weighted by Gasteiger charge is 2.22. The number of carbonyl (C=O) groups is 1. The summed E-state index contributed by atoms with van der Waals surface area (Å²) in [5, 5.41) is 4.19. The summed E-state index contributed by atoms with van der Waals surface area (Å²) in [4.78, 5) is 23.8. The highest BCUT2D eigenvalue weighted by Crippen LogP contribution is 2.17. The molecular weight excluding hydrogens is 271 g/mol. The smallest absolute Gasteiger partial charge is 0.267 e. The van der Waals surface area contributed by atoms with Crippen LogP contribution in [-0.4, -0.2) is 15.6 Å². The third-order valence-corrected chi connectivity index (χ3v) is 3.14. The second-order valence-corrected chi connectivity index (χ2v) is 5.89. The first-order valence-electron chi connectivity index (χ1n) is 6.65. The quantitative estimate of drug-likeness (QED) is 0.872. The minimum absolute atomic E-state index is 0.0721. The Morgan fingerprint density at radius 2 is 1.76 bits per heavy atom. The van der Waals surface area contributed by atoms with Crippen molar-refractivity contribution < 1.29 is 9.18 Å². The van der Waals surface area contributed by atoms with Crippen LogP contribution in [0.3, 0.4) is 0 Å². The van der Waals surface area contributed by atoms with Crippen LogP contribution in [0.5, 0.6) is 0 Å². The molecule has 0 bridgehead atoms. The molecule has 2 rings (SSSR count). The van der Waals surface area contributed by atoms with Crippen molar-refractivity contribution in [2.75, 3.05) is 0 Å². The predicted molar refractivity (Wildman–Crippen MR) is 78.4 cm³/mol. The van der Waals surface area contributed by atoms with E-state index in [0.717, 1.165) is 4.68 Å². The Morgan fingerprint density at radius 3 is 2.33 bits per heavy atom. The number of halogens is 1. The first kappa shape index (κ1) is 15.1. The normalized spacial score (nSPS) is 11.4. The summed E-state index contributed by atoms with van der Waals surface area (Å²) in [6.45, 7) is 5.32. The molecule has 0 saturated heterocycles. The molecule has 1 heterocycles. The molecule has 1 aromatic carbocycles. The Labute approximate surface area is 122 Å². The number of ketones is 1. The number of benzene rings is 1. The molecule has 0 aliphatic carbocycles. The Bertz CT molecular complexity index is 712. The molecular formula is C16H17FN2O2. The van der Waals surface area contributed by atoms with Gasteiger partial charge in [-0.1, -0.05) is 20.8 Å². The van der Waals surface area contributed by atoms with E-state index in [2.05, 4.69) is 5.10 Å². The summed E-state index contributed by atoms with van der Waals surface area (Å²) in [5.41, 5.74) is 0.343. The maximum Gasteiger partial charge on any atom is 0.267 e. The summed E-state index contributed by atoms with van der Waals surface area (Å²) >= 11 is 0. The van der Waals surface area contributed by atoms with E-state index >= 15 is 0 Å². The largest absolute Gasteiger partial charge is 0.297 e. The topological polar surface area (TPSA) is 52.0 Å². The fourth-order valence-corrected chi connectivity index (χ4v) is 1.71. The van der Waals surface area contributed by atoms with E-state index in [1.54, 1.807) is 39.0 Å². The Balaban J connectivity index is 2.36. The fraction of sp³-hybridized carbons (Fsp3) is 0.312. The lowest BCUT2D eigenvalue weighted by Gasteiger charge is -2.17. The zero-order valence-corrected chi connectivity index (χ0v) is 12.3. The van der Waals surface area contributed by atoms with Gasteiger partial charge in [-0.2, -0.15) is 5.10 Å². The van der Waals surface area contributed by atoms with Crippen molar-refractivity contribution in [2.24, 2.45) is 5.41 Å². The maximum atomic E-state index is 12.9. The van der Waals surface area contributed by atoms with Gasteiger partial charge in [0.05, 0.1) is 5.69 Å². The van der Waals surface area contributed by atoms with Crippen molar-refractivity contribution >= 4 is 5.78 Å². The summed E-state index contributed by atoms with van der Waals surface area (Å²) in [5.74, 6) is -0.414. The van der Waals surface area contributed by atoms with E-state index in [0.29, 0.717) is 11.3 Å². The van der Waals surface area contributed by atoms with E-state index < -0.39 is 5.41 Å². The molecule has 0 aliphatic heterocycles. The van der Waals surface area contributed by atoms with Crippen LogP contribution in [0, 0.1) is 11.2 Å². The lowest BCUT2D eigenvalue weighted by atomic mass is 9.91. The van der Waals surface area contributed by atoms with Crippen molar-refractivity contribution in [3.8, 4) is 11.3 Å². The zero-order chi connectivity index (χ0) is 15.6. The third kappa shape index (κ3) is 3.62. The molecule has 2 aromatic rings. The van der Waals surface area contributed by atoms with Gasteiger partial charge < -0.3 is 0 Å². The number of hydrogen-bond donors (Lipinski definition) is 0. The zero-order valence-electron chi connectivity index (χ0n) is 12.3. The number of nitrogens with zero attached hydrogens (tertiary/aromatic N) is 2. The number of Topliss-reactive ketones (excluding diaryl/α,β-unsaturated/α-hetero) is 1. The second-order valence-electron chi connectivity index (χ2n) is 5.89. The van der Waals surface area contributed by atoms with Gasteiger partial charge in [0.25, 0.3) is 5.56 Å². The first-order valence-corrected chi connectivity index (χ1v) is 6.65. The van der Waals surface area contributed by atoms with Crippen LogP contribution in [-0.2, 0) is 11.3 Å². The number of aromatic nitrogens is 2. The van der Waals surface area contributed by atoms with Gasteiger partial charge in [0.15, 0.2) is 5.78 Å². The highest BCUT2D eigenvalue weighted by molar-refractivity contribution is 5.83. The summed E-state index contributed by atoms with van der Waals surface area (Å²) in [6, 6.07) is 8.74. The SMILES string of the molecule is CC(C)(C)C(=O)Cn1nc(-c2ccc(F)cc2)ccc1=O. The molecule has 0 radical (unpaired) electrons. The van der Waals surface area contributed by atoms with Crippen molar-refractivity contribution in [3.05, 3.63) is 52.6 Å². The average molecular weight is 288 g/mol. The molecule has 21 heavy (non-hydrogen) atoms. The highest BCUT2D eigenvalue weighted by atomic mass is 19.1. The summed E-state index contributed by atoms with van der Waals surface area (Å²) in [6.07, 6.45) is 0. The third-order valence-electron chi connectivity index (χ3n) is 3.14. The average Bonchev–Trinajstić information content (AvgIpc) is 2.41. The molecule has 4 nitrogen and oxygen atoms in total. The lowest BCUT2D eigenvalue weighted by molar-refractivity contribution is -0.127. The monoisotopic (exact) mass is 288 g/mol. The molecule has 0 atom stereocenters. The first-order chi connectivity index (χ1) is 9.77. The van der Waals surface area contributed by atoms with Crippen LogP contribution in [0.2, 0.25) is 0 Å². The number of hydrogen-bond acceptors (Lipinski definition) is 3. The molecule has 0 fully saturated rings. The van der Waals surface area contributed by atoms with Crippen molar-refractivity contribution in [2.45, 2.75) is 27.3 Å².